The third-order valence-corrected chi connectivity index (χ3v) is 5.32. The zero-order valence-electron chi connectivity index (χ0n) is 19.0. The standard InChI is InChI=1S/C24H25ClF2N4O4/c1-29-6-5-22(28)30-23(32)16-9-17(34-19(13-26)14-27)12-18(10-16)35-21-4-3-15(11-20(21)25)24(33)31-7-2-8-31/h3-6,9-12,19,29H,2,7-8,13-14H2,1H3,(H2,28,30,32)/p+1/b6-5-. The summed E-state index contributed by atoms with van der Waals surface area (Å²) < 4.78 is 37.2. The van der Waals surface area contributed by atoms with Crippen molar-refractivity contribution in [1.82, 2.24) is 15.5 Å². The van der Waals surface area contributed by atoms with E-state index in [1.54, 1.807) is 18.0 Å². The molecule has 2 aromatic carbocycles. The maximum atomic E-state index is 13.0. The Bertz CT molecular complexity index is 1120. The molecule has 1 aliphatic heterocycles. The Morgan fingerprint density at radius 3 is 2.46 bits per heavy atom. The minimum absolute atomic E-state index is 0.0120. The van der Waals surface area contributed by atoms with Crippen molar-refractivity contribution < 1.29 is 33.3 Å². The highest BCUT2D eigenvalue weighted by Crippen LogP contribution is 2.33. The first-order valence-electron chi connectivity index (χ1n) is 10.8. The van der Waals surface area contributed by atoms with Crippen molar-refractivity contribution in [1.29, 1.82) is 0 Å². The molecule has 8 nitrogen and oxygen atoms in total. The molecule has 1 aliphatic rings. The number of nitrogens with two attached hydrogens (primary N) is 1. The van der Waals surface area contributed by atoms with E-state index in [0.29, 0.717) is 18.7 Å². The van der Waals surface area contributed by atoms with Crippen molar-refractivity contribution in [3.05, 3.63) is 64.8 Å². The molecule has 186 valence electrons. The van der Waals surface area contributed by atoms with E-state index in [4.69, 9.17) is 26.5 Å². The van der Waals surface area contributed by atoms with Crippen LogP contribution < -0.4 is 25.5 Å². The number of carbonyl (C=O) groups excluding carboxylic acids is 2. The van der Waals surface area contributed by atoms with Gasteiger partial charge in [-0.1, -0.05) is 11.6 Å². The quantitative estimate of drug-likeness (QED) is 0.338. The van der Waals surface area contributed by atoms with Crippen molar-refractivity contribution >= 4 is 29.3 Å². The average molecular weight is 508 g/mol. The van der Waals surface area contributed by atoms with Crippen LogP contribution in [-0.4, -0.2) is 62.1 Å². The number of ether oxygens (including phenoxy) is 2. The minimum atomic E-state index is -1.34. The SMILES string of the molecule is CN/C=C\C(=[NH2+])NC(=O)c1cc(Oc2ccc(C(=O)N3CCC3)cc2Cl)cc(OC(CF)CF)c1. The number of amidine groups is 1. The maximum Gasteiger partial charge on any atom is 0.339 e. The molecular formula is C24H26ClF2N4O4+. The fourth-order valence-corrected chi connectivity index (χ4v) is 3.31. The highest BCUT2D eigenvalue weighted by Gasteiger charge is 2.23. The molecule has 0 aliphatic carbocycles. The van der Waals surface area contributed by atoms with E-state index in [9.17, 15) is 18.4 Å². The second-order valence-electron chi connectivity index (χ2n) is 7.67. The van der Waals surface area contributed by atoms with E-state index < -0.39 is 25.4 Å². The van der Waals surface area contributed by atoms with Crippen molar-refractivity contribution in [3.63, 3.8) is 0 Å². The summed E-state index contributed by atoms with van der Waals surface area (Å²) in [7, 11) is 1.67. The molecule has 0 aromatic heterocycles. The van der Waals surface area contributed by atoms with E-state index in [1.165, 1.54) is 42.6 Å². The van der Waals surface area contributed by atoms with Crippen LogP contribution in [0.2, 0.25) is 5.02 Å². The second kappa shape index (κ2) is 12.2. The van der Waals surface area contributed by atoms with Gasteiger partial charge in [0.05, 0.1) is 10.6 Å². The lowest BCUT2D eigenvalue weighted by atomic mass is 10.1. The highest BCUT2D eigenvalue weighted by molar-refractivity contribution is 6.32. The van der Waals surface area contributed by atoms with Crippen LogP contribution in [0.5, 0.6) is 17.2 Å². The lowest BCUT2D eigenvalue weighted by Crippen LogP contribution is -2.49. The van der Waals surface area contributed by atoms with Crippen LogP contribution in [-0.2, 0) is 0 Å². The highest BCUT2D eigenvalue weighted by atomic mass is 35.5. The first-order valence-corrected chi connectivity index (χ1v) is 11.2. The fourth-order valence-electron chi connectivity index (χ4n) is 3.09. The number of hydrogen-bond acceptors (Lipinski definition) is 5. The molecule has 2 aromatic rings. The maximum absolute atomic E-state index is 13.0. The molecule has 1 fully saturated rings. The van der Waals surface area contributed by atoms with Crippen molar-refractivity contribution in [2.75, 3.05) is 33.5 Å². The molecule has 11 heteroatoms. The average Bonchev–Trinajstić information content (AvgIpc) is 2.81. The molecule has 0 saturated carbocycles. The van der Waals surface area contributed by atoms with Gasteiger partial charge in [-0.2, -0.15) is 0 Å². The van der Waals surface area contributed by atoms with Crippen LogP contribution >= 0.6 is 11.6 Å². The summed E-state index contributed by atoms with van der Waals surface area (Å²) in [6.45, 7) is -0.705. The van der Waals surface area contributed by atoms with Gasteiger partial charge in [-0.3, -0.25) is 10.2 Å². The van der Waals surface area contributed by atoms with E-state index in [2.05, 4.69) is 10.6 Å². The van der Waals surface area contributed by atoms with Crippen LogP contribution in [0.25, 0.3) is 0 Å². The predicted octanol–water partition coefficient (Wildman–Crippen LogP) is 2.29. The zero-order valence-corrected chi connectivity index (χ0v) is 19.8. The molecule has 2 amide bonds. The number of alkyl halides is 2. The molecule has 3 rings (SSSR count). The van der Waals surface area contributed by atoms with E-state index in [-0.39, 0.29) is 39.6 Å². The summed E-state index contributed by atoms with van der Waals surface area (Å²) in [5.41, 5.74) is 0.490. The normalized spacial score (nSPS) is 12.9. The lowest BCUT2D eigenvalue weighted by Gasteiger charge is -2.31. The first-order chi connectivity index (χ1) is 16.8. The Morgan fingerprint density at radius 1 is 1.14 bits per heavy atom. The van der Waals surface area contributed by atoms with Crippen LogP contribution in [0.15, 0.2) is 48.7 Å². The summed E-state index contributed by atoms with van der Waals surface area (Å²) in [5, 5.41) is 11.2. The summed E-state index contributed by atoms with van der Waals surface area (Å²) in [4.78, 5) is 26.8. The van der Waals surface area contributed by atoms with Crippen LogP contribution in [0.3, 0.4) is 0 Å². The molecule has 0 spiro atoms. The van der Waals surface area contributed by atoms with Crippen LogP contribution in [0, 0.1) is 0 Å². The molecule has 4 N–H and O–H groups in total. The molecule has 1 saturated heterocycles. The summed E-state index contributed by atoms with van der Waals surface area (Å²) in [6.07, 6.45) is 2.60. The number of hydrogen-bond donors (Lipinski definition) is 3. The Balaban J connectivity index is 1.86. The van der Waals surface area contributed by atoms with Gasteiger partial charge in [0.1, 0.15) is 30.6 Å². The lowest BCUT2D eigenvalue weighted by molar-refractivity contribution is -0.115. The van der Waals surface area contributed by atoms with Gasteiger partial charge in [-0.05, 0) is 36.8 Å². The molecule has 0 atom stereocenters. The van der Waals surface area contributed by atoms with E-state index >= 15 is 0 Å². The molecule has 0 radical (unpaired) electrons. The minimum Gasteiger partial charge on any atom is -0.485 e. The summed E-state index contributed by atoms with van der Waals surface area (Å²) in [6, 6.07) is 8.69. The molecule has 1 heterocycles. The topological polar surface area (TPSA) is 105 Å². The number of carbonyl (C=O) groups is 2. The Morgan fingerprint density at radius 2 is 1.86 bits per heavy atom. The van der Waals surface area contributed by atoms with E-state index in [1.807, 2.05) is 0 Å². The Kier molecular flexibility index (Phi) is 9.02. The van der Waals surface area contributed by atoms with Gasteiger partial charge < -0.3 is 19.7 Å². The summed E-state index contributed by atoms with van der Waals surface area (Å²) in [5.74, 6) is -0.309. The first kappa shape index (κ1) is 26.0. The number of benzene rings is 2. The Labute approximate surface area is 206 Å². The Hall–Kier alpha value is -3.66. The van der Waals surface area contributed by atoms with Crippen molar-refractivity contribution in [3.8, 4) is 17.2 Å². The fraction of sp³-hybridized carbons (Fsp3) is 0.292. The smallest absolute Gasteiger partial charge is 0.339 e. The predicted molar refractivity (Wildman–Crippen MR) is 127 cm³/mol. The third kappa shape index (κ3) is 6.92. The number of likely N-dealkylation sites (tertiary alicyclic amines) is 1. The number of nitrogens with one attached hydrogen (secondary N) is 2. The van der Waals surface area contributed by atoms with Gasteiger partial charge in [0.25, 0.3) is 11.7 Å². The van der Waals surface area contributed by atoms with Crippen LogP contribution in [0.1, 0.15) is 27.1 Å². The third-order valence-electron chi connectivity index (χ3n) is 5.03. The number of halogens is 3. The van der Waals surface area contributed by atoms with Gasteiger partial charge in [0.2, 0.25) is 0 Å². The number of nitrogens with zero attached hydrogens (tertiary/aromatic N) is 1. The van der Waals surface area contributed by atoms with Crippen molar-refractivity contribution in [2.24, 2.45) is 0 Å². The zero-order chi connectivity index (χ0) is 25.4. The van der Waals surface area contributed by atoms with Gasteiger partial charge in [-0.25, -0.2) is 18.9 Å². The van der Waals surface area contributed by atoms with Gasteiger partial charge in [0.15, 0.2) is 6.10 Å². The summed E-state index contributed by atoms with van der Waals surface area (Å²) >= 11 is 6.34. The molecule has 35 heavy (non-hydrogen) atoms. The van der Waals surface area contributed by atoms with Gasteiger partial charge in [-0.15, -0.1) is 0 Å². The second-order valence-corrected chi connectivity index (χ2v) is 8.07. The molecular weight excluding hydrogens is 482 g/mol. The van der Waals surface area contributed by atoms with Gasteiger partial charge >= 0.3 is 5.91 Å². The molecule has 0 bridgehead atoms. The molecule has 0 unspecified atom stereocenters. The van der Waals surface area contributed by atoms with Gasteiger partial charge in [0, 0.05) is 44.0 Å². The van der Waals surface area contributed by atoms with Crippen molar-refractivity contribution in [2.45, 2.75) is 12.5 Å². The monoisotopic (exact) mass is 507 g/mol. The number of rotatable bonds is 10. The van der Waals surface area contributed by atoms with Crippen LogP contribution in [0.4, 0.5) is 8.78 Å². The largest absolute Gasteiger partial charge is 0.485 e. The van der Waals surface area contributed by atoms with E-state index in [0.717, 1.165) is 6.42 Å². The number of amides is 2.